The summed E-state index contributed by atoms with van der Waals surface area (Å²) in [5.74, 6) is 0. The number of hydrogen-bond donors (Lipinski definition) is 0. The summed E-state index contributed by atoms with van der Waals surface area (Å²) in [7, 11) is 0. The van der Waals surface area contributed by atoms with Crippen LogP contribution in [-0.2, 0) is 13.0 Å². The van der Waals surface area contributed by atoms with Crippen molar-refractivity contribution in [3.8, 4) is 0 Å². The smallest absolute Gasteiger partial charge is 0.186 e. The zero-order valence-electron chi connectivity index (χ0n) is 12.4. The van der Waals surface area contributed by atoms with Crippen molar-refractivity contribution in [3.63, 3.8) is 0 Å². The van der Waals surface area contributed by atoms with Crippen LogP contribution in [0.2, 0.25) is 0 Å². The molecule has 0 bridgehead atoms. The lowest BCUT2D eigenvalue weighted by atomic mass is 10.0. The number of hydrogen-bond acceptors (Lipinski definition) is 3. The van der Waals surface area contributed by atoms with Gasteiger partial charge in [0.1, 0.15) is 0 Å². The summed E-state index contributed by atoms with van der Waals surface area (Å²) >= 11 is 1.82. The molecule has 1 aromatic heterocycles. The van der Waals surface area contributed by atoms with E-state index in [-0.39, 0.29) is 0 Å². The largest absolute Gasteiger partial charge is 0.343 e. The number of rotatable bonds is 1. The molecule has 0 unspecified atom stereocenters. The van der Waals surface area contributed by atoms with Crippen molar-refractivity contribution in [2.75, 3.05) is 11.4 Å². The van der Waals surface area contributed by atoms with Crippen LogP contribution < -0.4 is 4.90 Å². The topological polar surface area (TPSA) is 16.1 Å². The van der Waals surface area contributed by atoms with Crippen molar-refractivity contribution in [1.29, 1.82) is 0 Å². The zero-order valence-corrected chi connectivity index (χ0v) is 13.2. The van der Waals surface area contributed by atoms with Crippen molar-refractivity contribution in [2.45, 2.75) is 26.8 Å². The fraction of sp³-hybridized carbons (Fsp3) is 0.278. The first-order chi connectivity index (χ1) is 10.2. The fourth-order valence-corrected chi connectivity index (χ4v) is 4.32. The summed E-state index contributed by atoms with van der Waals surface area (Å²) < 4.78 is 1.31. The first kappa shape index (κ1) is 12.8. The van der Waals surface area contributed by atoms with Gasteiger partial charge in [-0.25, -0.2) is 4.98 Å². The summed E-state index contributed by atoms with van der Waals surface area (Å²) in [5.41, 5.74) is 6.70. The van der Waals surface area contributed by atoms with Gasteiger partial charge in [0, 0.05) is 13.1 Å². The summed E-state index contributed by atoms with van der Waals surface area (Å²) in [5, 5.41) is 1.16. The van der Waals surface area contributed by atoms with Gasteiger partial charge in [0.05, 0.1) is 10.2 Å². The number of nitrogens with zero attached hydrogens (tertiary/aromatic N) is 2. The summed E-state index contributed by atoms with van der Waals surface area (Å²) in [6.07, 6.45) is 1.12. The number of aryl methyl sites for hydroxylation is 2. The van der Waals surface area contributed by atoms with Crippen molar-refractivity contribution in [1.82, 2.24) is 4.98 Å². The molecule has 21 heavy (non-hydrogen) atoms. The second kappa shape index (κ2) is 4.85. The van der Waals surface area contributed by atoms with Gasteiger partial charge in [-0.1, -0.05) is 41.7 Å². The molecule has 2 aromatic carbocycles. The second-order valence-electron chi connectivity index (χ2n) is 5.87. The molecule has 3 heteroatoms. The summed E-state index contributed by atoms with van der Waals surface area (Å²) in [6, 6.07) is 13.2. The molecule has 2 nitrogen and oxygen atoms in total. The Balaban J connectivity index is 1.73. The van der Waals surface area contributed by atoms with Crippen LogP contribution in [0.3, 0.4) is 0 Å². The highest BCUT2D eigenvalue weighted by Gasteiger charge is 2.19. The van der Waals surface area contributed by atoms with Crippen LogP contribution in [0.1, 0.15) is 22.3 Å². The van der Waals surface area contributed by atoms with E-state index in [2.05, 4.69) is 55.1 Å². The molecule has 1 aliphatic rings. The molecule has 0 N–H and O–H groups in total. The molecule has 0 amide bonds. The van der Waals surface area contributed by atoms with Crippen LogP contribution in [-0.4, -0.2) is 11.5 Å². The average Bonchev–Trinajstić information content (AvgIpc) is 2.91. The minimum atomic E-state index is 0.980. The predicted molar refractivity (Wildman–Crippen MR) is 90.3 cm³/mol. The molecule has 3 aromatic rings. The molecule has 0 radical (unpaired) electrons. The summed E-state index contributed by atoms with van der Waals surface area (Å²) in [4.78, 5) is 7.31. The van der Waals surface area contributed by atoms with E-state index < -0.39 is 0 Å². The van der Waals surface area contributed by atoms with E-state index in [1.165, 1.54) is 32.5 Å². The molecule has 0 atom stereocenters. The van der Waals surface area contributed by atoms with E-state index in [1.807, 2.05) is 11.3 Å². The lowest BCUT2D eigenvalue weighted by Crippen LogP contribution is -2.30. The monoisotopic (exact) mass is 294 g/mol. The van der Waals surface area contributed by atoms with Gasteiger partial charge < -0.3 is 4.90 Å². The van der Waals surface area contributed by atoms with Gasteiger partial charge in [-0.15, -0.1) is 0 Å². The van der Waals surface area contributed by atoms with E-state index in [0.717, 1.165) is 24.6 Å². The van der Waals surface area contributed by atoms with Crippen LogP contribution in [0.5, 0.6) is 0 Å². The zero-order chi connectivity index (χ0) is 14.4. The maximum Gasteiger partial charge on any atom is 0.186 e. The van der Waals surface area contributed by atoms with E-state index in [1.54, 1.807) is 0 Å². The lowest BCUT2D eigenvalue weighted by Gasteiger charge is -2.28. The van der Waals surface area contributed by atoms with Crippen molar-refractivity contribution < 1.29 is 0 Å². The summed E-state index contributed by atoms with van der Waals surface area (Å²) in [6.45, 7) is 6.36. The normalized spacial score (nSPS) is 14.5. The van der Waals surface area contributed by atoms with Crippen LogP contribution >= 0.6 is 11.3 Å². The molecule has 1 aliphatic heterocycles. The number of anilines is 1. The lowest BCUT2D eigenvalue weighted by molar-refractivity contribution is 0.730. The Morgan fingerprint density at radius 2 is 1.90 bits per heavy atom. The quantitative estimate of drug-likeness (QED) is 0.658. The van der Waals surface area contributed by atoms with Gasteiger partial charge >= 0.3 is 0 Å². The highest BCUT2D eigenvalue weighted by atomic mass is 32.1. The highest BCUT2D eigenvalue weighted by molar-refractivity contribution is 7.22. The van der Waals surface area contributed by atoms with Crippen molar-refractivity contribution in [2.24, 2.45) is 0 Å². The van der Waals surface area contributed by atoms with Gasteiger partial charge in [-0.2, -0.15) is 0 Å². The maximum absolute atomic E-state index is 4.89. The Labute approximate surface area is 129 Å². The average molecular weight is 294 g/mol. The highest BCUT2D eigenvalue weighted by Crippen LogP contribution is 2.33. The Hall–Kier alpha value is -1.87. The van der Waals surface area contributed by atoms with E-state index in [4.69, 9.17) is 4.98 Å². The van der Waals surface area contributed by atoms with E-state index in [0.29, 0.717) is 0 Å². The molecule has 4 rings (SSSR count). The Kier molecular flexibility index (Phi) is 2.96. The van der Waals surface area contributed by atoms with E-state index >= 15 is 0 Å². The molecule has 0 fully saturated rings. The number of fused-ring (bicyclic) bond motifs is 2. The van der Waals surface area contributed by atoms with Gasteiger partial charge in [0.25, 0.3) is 0 Å². The molecule has 0 saturated heterocycles. The van der Waals surface area contributed by atoms with Crippen LogP contribution in [0.15, 0.2) is 36.4 Å². The molecule has 2 heterocycles. The fourth-order valence-electron chi connectivity index (χ4n) is 3.15. The standard InChI is InChI=1S/C18H18N2S/c1-12-9-13(2)17-16(10-12)21-18(19-17)20-8-7-14-5-3-4-6-15(14)11-20/h3-6,9-10H,7-8,11H2,1-2H3. The number of benzene rings is 2. The molecular formula is C18H18N2S. The first-order valence-corrected chi connectivity index (χ1v) is 8.22. The third kappa shape index (κ3) is 2.22. The van der Waals surface area contributed by atoms with Gasteiger partial charge in [0.2, 0.25) is 0 Å². The Morgan fingerprint density at radius 3 is 2.76 bits per heavy atom. The van der Waals surface area contributed by atoms with E-state index in [9.17, 15) is 0 Å². The van der Waals surface area contributed by atoms with Crippen LogP contribution in [0.25, 0.3) is 10.2 Å². The predicted octanol–water partition coefficient (Wildman–Crippen LogP) is 4.48. The van der Waals surface area contributed by atoms with Crippen LogP contribution in [0, 0.1) is 13.8 Å². The minimum absolute atomic E-state index is 0.980. The minimum Gasteiger partial charge on any atom is -0.343 e. The molecule has 0 spiro atoms. The Bertz CT molecular complexity index is 819. The van der Waals surface area contributed by atoms with Gasteiger partial charge in [-0.05, 0) is 48.6 Å². The molecule has 0 saturated carbocycles. The van der Waals surface area contributed by atoms with Crippen molar-refractivity contribution in [3.05, 3.63) is 58.7 Å². The van der Waals surface area contributed by atoms with Gasteiger partial charge in [0.15, 0.2) is 5.13 Å². The third-order valence-electron chi connectivity index (χ3n) is 4.22. The second-order valence-corrected chi connectivity index (χ2v) is 6.87. The SMILES string of the molecule is Cc1cc(C)c2nc(N3CCc4ccccc4C3)sc2c1. The third-order valence-corrected chi connectivity index (χ3v) is 5.28. The first-order valence-electron chi connectivity index (χ1n) is 7.40. The Morgan fingerprint density at radius 1 is 1.10 bits per heavy atom. The number of thiazole rings is 1. The maximum atomic E-state index is 4.89. The molecular weight excluding hydrogens is 276 g/mol. The number of aromatic nitrogens is 1. The molecule has 0 aliphatic carbocycles. The van der Waals surface area contributed by atoms with Crippen LogP contribution in [0.4, 0.5) is 5.13 Å². The van der Waals surface area contributed by atoms with Crippen molar-refractivity contribution >= 4 is 26.7 Å². The molecule has 106 valence electrons. The van der Waals surface area contributed by atoms with Gasteiger partial charge in [-0.3, -0.25) is 0 Å².